The second kappa shape index (κ2) is 7.43. The molecule has 0 spiro atoms. The SMILES string of the molecule is NC(=S)c1cccc(OCCOCC2CCOC2)c1. The zero-order valence-corrected chi connectivity index (χ0v) is 11.7. The van der Waals surface area contributed by atoms with Crippen molar-refractivity contribution in [2.75, 3.05) is 33.0 Å². The van der Waals surface area contributed by atoms with Crippen molar-refractivity contribution in [1.82, 2.24) is 0 Å². The van der Waals surface area contributed by atoms with Gasteiger partial charge in [0.15, 0.2) is 0 Å². The highest BCUT2D eigenvalue weighted by Crippen LogP contribution is 2.14. The van der Waals surface area contributed by atoms with Crippen LogP contribution in [0.25, 0.3) is 0 Å². The maximum absolute atomic E-state index is 5.59. The van der Waals surface area contributed by atoms with Crippen LogP contribution < -0.4 is 10.5 Å². The average molecular weight is 281 g/mol. The third-order valence-electron chi connectivity index (χ3n) is 2.99. The predicted octanol–water partition coefficient (Wildman–Crippen LogP) is 1.75. The smallest absolute Gasteiger partial charge is 0.120 e. The van der Waals surface area contributed by atoms with Gasteiger partial charge in [0.1, 0.15) is 17.3 Å². The van der Waals surface area contributed by atoms with E-state index in [0.717, 1.165) is 37.6 Å². The number of hydrogen-bond acceptors (Lipinski definition) is 4. The maximum atomic E-state index is 5.59. The molecule has 0 saturated carbocycles. The predicted molar refractivity (Wildman–Crippen MR) is 77.6 cm³/mol. The van der Waals surface area contributed by atoms with Crippen LogP contribution in [-0.4, -0.2) is 38.0 Å². The van der Waals surface area contributed by atoms with Gasteiger partial charge in [0.2, 0.25) is 0 Å². The molecule has 1 aliphatic heterocycles. The first-order chi connectivity index (χ1) is 9.25. The van der Waals surface area contributed by atoms with Crippen LogP contribution in [0.4, 0.5) is 0 Å². The van der Waals surface area contributed by atoms with Crippen molar-refractivity contribution in [3.63, 3.8) is 0 Å². The summed E-state index contributed by atoms with van der Waals surface area (Å²) in [5.41, 5.74) is 6.38. The molecule has 1 aromatic carbocycles. The van der Waals surface area contributed by atoms with Gasteiger partial charge in [-0.25, -0.2) is 0 Å². The highest BCUT2D eigenvalue weighted by Gasteiger charge is 2.15. The maximum Gasteiger partial charge on any atom is 0.120 e. The van der Waals surface area contributed by atoms with E-state index in [9.17, 15) is 0 Å². The average Bonchev–Trinajstić information content (AvgIpc) is 2.92. The van der Waals surface area contributed by atoms with Crippen molar-refractivity contribution in [2.24, 2.45) is 11.7 Å². The normalized spacial score (nSPS) is 18.4. The molecule has 5 heteroatoms. The van der Waals surface area contributed by atoms with Gasteiger partial charge in [-0.1, -0.05) is 24.4 Å². The second-order valence-electron chi connectivity index (χ2n) is 4.55. The lowest BCUT2D eigenvalue weighted by molar-refractivity contribution is 0.0684. The minimum Gasteiger partial charge on any atom is -0.491 e. The van der Waals surface area contributed by atoms with Gasteiger partial charge in [0, 0.05) is 18.1 Å². The minimum absolute atomic E-state index is 0.378. The monoisotopic (exact) mass is 281 g/mol. The first kappa shape index (κ1) is 14.2. The molecule has 1 aliphatic rings. The molecule has 104 valence electrons. The summed E-state index contributed by atoms with van der Waals surface area (Å²) in [6.07, 6.45) is 1.09. The Morgan fingerprint density at radius 1 is 1.42 bits per heavy atom. The molecule has 0 amide bonds. The molecule has 0 aliphatic carbocycles. The number of hydrogen-bond donors (Lipinski definition) is 1. The fraction of sp³-hybridized carbons (Fsp3) is 0.500. The summed E-state index contributed by atoms with van der Waals surface area (Å²) >= 11 is 4.92. The van der Waals surface area contributed by atoms with Gasteiger partial charge in [0.25, 0.3) is 0 Å². The molecule has 1 fully saturated rings. The van der Waals surface area contributed by atoms with E-state index in [2.05, 4.69) is 0 Å². The number of thiocarbonyl (C=S) groups is 1. The molecule has 1 saturated heterocycles. The van der Waals surface area contributed by atoms with E-state index in [-0.39, 0.29) is 0 Å². The summed E-state index contributed by atoms with van der Waals surface area (Å²) in [4.78, 5) is 0.378. The molecule has 2 rings (SSSR count). The fourth-order valence-corrected chi connectivity index (χ4v) is 2.05. The molecular weight excluding hydrogens is 262 g/mol. The number of benzene rings is 1. The van der Waals surface area contributed by atoms with Crippen molar-refractivity contribution in [1.29, 1.82) is 0 Å². The van der Waals surface area contributed by atoms with Gasteiger partial charge in [0.05, 0.1) is 19.8 Å². The van der Waals surface area contributed by atoms with E-state index < -0.39 is 0 Å². The molecule has 4 nitrogen and oxygen atoms in total. The van der Waals surface area contributed by atoms with Crippen LogP contribution in [0.1, 0.15) is 12.0 Å². The van der Waals surface area contributed by atoms with Crippen molar-refractivity contribution >= 4 is 17.2 Å². The molecule has 19 heavy (non-hydrogen) atoms. The molecule has 1 heterocycles. The molecule has 2 N–H and O–H groups in total. The number of rotatable bonds is 7. The van der Waals surface area contributed by atoms with Crippen LogP contribution in [0.5, 0.6) is 5.75 Å². The van der Waals surface area contributed by atoms with E-state index in [1.54, 1.807) is 0 Å². The Morgan fingerprint density at radius 2 is 2.32 bits per heavy atom. The summed E-state index contributed by atoms with van der Waals surface area (Å²) in [7, 11) is 0. The highest BCUT2D eigenvalue weighted by atomic mass is 32.1. The summed E-state index contributed by atoms with van der Waals surface area (Å²) in [5, 5.41) is 0. The quantitative estimate of drug-likeness (QED) is 0.609. The van der Waals surface area contributed by atoms with Crippen molar-refractivity contribution < 1.29 is 14.2 Å². The second-order valence-corrected chi connectivity index (χ2v) is 4.98. The zero-order valence-electron chi connectivity index (χ0n) is 10.8. The molecule has 1 unspecified atom stereocenters. The largest absolute Gasteiger partial charge is 0.491 e. The number of nitrogens with two attached hydrogens (primary N) is 1. The minimum atomic E-state index is 0.378. The van der Waals surface area contributed by atoms with Crippen molar-refractivity contribution in [3.05, 3.63) is 29.8 Å². The number of ether oxygens (including phenoxy) is 3. The summed E-state index contributed by atoms with van der Waals surface area (Å²) in [6, 6.07) is 7.46. The Kier molecular flexibility index (Phi) is 5.57. The van der Waals surface area contributed by atoms with E-state index in [0.29, 0.717) is 24.1 Å². The highest BCUT2D eigenvalue weighted by molar-refractivity contribution is 7.80. The molecule has 0 bridgehead atoms. The Labute approximate surface area is 118 Å². The van der Waals surface area contributed by atoms with Crippen molar-refractivity contribution in [2.45, 2.75) is 6.42 Å². The molecule has 1 aromatic rings. The van der Waals surface area contributed by atoms with Gasteiger partial charge in [-0.2, -0.15) is 0 Å². The summed E-state index contributed by atoms with van der Waals surface area (Å²) < 4.78 is 16.4. The zero-order chi connectivity index (χ0) is 13.5. The van der Waals surface area contributed by atoms with E-state index in [1.807, 2.05) is 24.3 Å². The first-order valence-electron chi connectivity index (χ1n) is 6.44. The molecule has 0 aromatic heterocycles. The Morgan fingerprint density at radius 3 is 3.05 bits per heavy atom. The topological polar surface area (TPSA) is 53.7 Å². The molecule has 0 radical (unpaired) electrons. The third kappa shape index (κ3) is 4.78. The van der Waals surface area contributed by atoms with Crippen LogP contribution in [-0.2, 0) is 9.47 Å². The van der Waals surface area contributed by atoms with Crippen LogP contribution in [0.3, 0.4) is 0 Å². The Bertz CT molecular complexity index is 419. The van der Waals surface area contributed by atoms with Crippen LogP contribution in [0, 0.1) is 5.92 Å². The lowest BCUT2D eigenvalue weighted by Crippen LogP contribution is -2.14. The van der Waals surface area contributed by atoms with Crippen LogP contribution in [0.15, 0.2) is 24.3 Å². The lowest BCUT2D eigenvalue weighted by atomic mass is 10.1. The third-order valence-corrected chi connectivity index (χ3v) is 3.23. The van der Waals surface area contributed by atoms with Gasteiger partial charge in [-0.15, -0.1) is 0 Å². The Balaban J connectivity index is 1.64. The fourth-order valence-electron chi connectivity index (χ4n) is 1.92. The lowest BCUT2D eigenvalue weighted by Gasteiger charge is -2.10. The van der Waals surface area contributed by atoms with Crippen molar-refractivity contribution in [3.8, 4) is 5.75 Å². The standard InChI is InChI=1S/C14H19NO3S/c15-14(19)12-2-1-3-13(8-12)18-7-6-17-10-11-4-5-16-9-11/h1-3,8,11H,4-7,9-10H2,(H2,15,19). The van der Waals surface area contributed by atoms with Gasteiger partial charge < -0.3 is 19.9 Å². The molecular formula is C14H19NO3S. The van der Waals surface area contributed by atoms with E-state index in [4.69, 9.17) is 32.2 Å². The van der Waals surface area contributed by atoms with Gasteiger partial charge in [-0.05, 0) is 18.6 Å². The van der Waals surface area contributed by atoms with Gasteiger partial charge in [-0.3, -0.25) is 0 Å². The summed E-state index contributed by atoms with van der Waals surface area (Å²) in [6.45, 7) is 3.52. The first-order valence-corrected chi connectivity index (χ1v) is 6.84. The van der Waals surface area contributed by atoms with Crippen LogP contribution in [0.2, 0.25) is 0 Å². The summed E-state index contributed by atoms with van der Waals surface area (Å²) in [5.74, 6) is 1.30. The molecule has 1 atom stereocenters. The van der Waals surface area contributed by atoms with E-state index >= 15 is 0 Å². The Hall–Kier alpha value is -1.17. The van der Waals surface area contributed by atoms with Gasteiger partial charge >= 0.3 is 0 Å². The van der Waals surface area contributed by atoms with Crippen LogP contribution >= 0.6 is 12.2 Å². The van der Waals surface area contributed by atoms with E-state index in [1.165, 1.54) is 0 Å².